The molecule has 0 bridgehead atoms. The van der Waals surface area contributed by atoms with E-state index in [4.69, 9.17) is 9.47 Å². The number of benzene rings is 3. The van der Waals surface area contributed by atoms with Crippen LogP contribution in [0.5, 0.6) is 11.5 Å². The van der Waals surface area contributed by atoms with Crippen LogP contribution in [0, 0.1) is 0 Å². The largest absolute Gasteiger partial charge is 0.454 e. The van der Waals surface area contributed by atoms with Crippen molar-refractivity contribution in [1.29, 1.82) is 0 Å². The van der Waals surface area contributed by atoms with Crippen LogP contribution in [0.3, 0.4) is 0 Å². The molecule has 0 radical (unpaired) electrons. The minimum Gasteiger partial charge on any atom is -0.454 e. The van der Waals surface area contributed by atoms with Gasteiger partial charge in [0, 0.05) is 22.5 Å². The molecule has 158 valence electrons. The number of rotatable bonds is 4. The number of hydrogen-bond donors (Lipinski definition) is 2. The van der Waals surface area contributed by atoms with Gasteiger partial charge in [-0.15, -0.1) is 0 Å². The van der Waals surface area contributed by atoms with Crippen LogP contribution >= 0.6 is 0 Å². The highest BCUT2D eigenvalue weighted by Crippen LogP contribution is 2.33. The van der Waals surface area contributed by atoms with Crippen LogP contribution in [0.2, 0.25) is 0 Å². The van der Waals surface area contributed by atoms with Gasteiger partial charge in [0.15, 0.2) is 11.5 Å². The summed E-state index contributed by atoms with van der Waals surface area (Å²) in [6.45, 7) is 0.0867. The van der Waals surface area contributed by atoms with Gasteiger partial charge in [0.25, 0.3) is 11.8 Å². The fraction of sp³-hybridized carbons (Fsp3) is 0.0909. The predicted molar refractivity (Wildman–Crippen MR) is 106 cm³/mol. The quantitative estimate of drug-likeness (QED) is 0.617. The van der Waals surface area contributed by atoms with Crippen molar-refractivity contribution >= 4 is 23.2 Å². The molecule has 0 aliphatic carbocycles. The third kappa shape index (κ3) is 4.61. The average Bonchev–Trinajstić information content (AvgIpc) is 3.21. The molecular formula is C22H15F3N2O4. The summed E-state index contributed by atoms with van der Waals surface area (Å²) in [4.78, 5) is 25.0. The van der Waals surface area contributed by atoms with Crippen LogP contribution in [0.15, 0.2) is 66.7 Å². The number of nitrogens with one attached hydrogen (secondary N) is 2. The lowest BCUT2D eigenvalue weighted by atomic mass is 10.1. The van der Waals surface area contributed by atoms with Gasteiger partial charge in [-0.25, -0.2) is 0 Å². The lowest BCUT2D eigenvalue weighted by Gasteiger charge is -2.11. The zero-order valence-corrected chi connectivity index (χ0v) is 15.8. The Morgan fingerprint density at radius 1 is 0.742 bits per heavy atom. The normalized spacial score (nSPS) is 12.4. The molecule has 1 heterocycles. The monoisotopic (exact) mass is 428 g/mol. The number of carbonyl (C=O) groups excluding carboxylic acids is 2. The molecule has 2 amide bonds. The number of anilines is 2. The molecule has 3 aromatic rings. The first kappa shape index (κ1) is 20.3. The first-order chi connectivity index (χ1) is 14.8. The number of hydrogen-bond acceptors (Lipinski definition) is 4. The van der Waals surface area contributed by atoms with Gasteiger partial charge in [-0.3, -0.25) is 9.59 Å². The van der Waals surface area contributed by atoms with Crippen molar-refractivity contribution in [3.8, 4) is 11.5 Å². The first-order valence-corrected chi connectivity index (χ1v) is 9.09. The van der Waals surface area contributed by atoms with Crippen LogP contribution < -0.4 is 20.1 Å². The smallest absolute Gasteiger partial charge is 0.416 e. The van der Waals surface area contributed by atoms with Crippen molar-refractivity contribution in [2.75, 3.05) is 17.4 Å². The van der Waals surface area contributed by atoms with Crippen molar-refractivity contribution in [2.24, 2.45) is 0 Å². The van der Waals surface area contributed by atoms with Crippen LogP contribution in [-0.2, 0) is 6.18 Å². The summed E-state index contributed by atoms with van der Waals surface area (Å²) in [6, 6.07) is 15.1. The zero-order chi connectivity index (χ0) is 22.0. The van der Waals surface area contributed by atoms with Gasteiger partial charge in [-0.05, 0) is 54.6 Å². The zero-order valence-electron chi connectivity index (χ0n) is 15.8. The lowest BCUT2D eigenvalue weighted by Crippen LogP contribution is -2.15. The predicted octanol–water partition coefficient (Wildman–Crippen LogP) is 4.94. The molecule has 1 aliphatic rings. The molecule has 1 aliphatic heterocycles. The lowest BCUT2D eigenvalue weighted by molar-refractivity contribution is -0.137. The SMILES string of the molecule is O=C(Nc1cccc(C(F)(F)F)c1)c1cccc(NC(=O)c2ccc3c(c2)OCO3)c1. The Morgan fingerprint density at radius 2 is 1.35 bits per heavy atom. The van der Waals surface area contributed by atoms with Crippen LogP contribution in [0.4, 0.5) is 24.5 Å². The molecule has 0 unspecified atom stereocenters. The second kappa shape index (κ2) is 8.02. The highest BCUT2D eigenvalue weighted by molar-refractivity contribution is 6.07. The Kier molecular flexibility index (Phi) is 5.24. The maximum absolute atomic E-state index is 12.8. The van der Waals surface area contributed by atoms with Crippen molar-refractivity contribution in [3.63, 3.8) is 0 Å². The van der Waals surface area contributed by atoms with Crippen molar-refractivity contribution in [2.45, 2.75) is 6.18 Å². The highest BCUT2D eigenvalue weighted by atomic mass is 19.4. The number of halogens is 3. The Balaban J connectivity index is 1.47. The van der Waals surface area contributed by atoms with E-state index < -0.39 is 23.6 Å². The summed E-state index contributed by atoms with van der Waals surface area (Å²) in [5, 5.41) is 5.10. The number of amides is 2. The molecule has 2 N–H and O–H groups in total. The van der Waals surface area contributed by atoms with Gasteiger partial charge in [-0.2, -0.15) is 13.2 Å². The van der Waals surface area contributed by atoms with E-state index in [0.717, 1.165) is 12.1 Å². The average molecular weight is 428 g/mol. The number of ether oxygens (including phenoxy) is 2. The summed E-state index contributed by atoms with van der Waals surface area (Å²) < 4.78 is 49.0. The molecule has 3 aromatic carbocycles. The van der Waals surface area contributed by atoms with Crippen LogP contribution in [0.1, 0.15) is 26.3 Å². The summed E-state index contributed by atoms with van der Waals surface area (Å²) in [6.07, 6.45) is -4.51. The van der Waals surface area contributed by atoms with Gasteiger partial charge < -0.3 is 20.1 Å². The molecule has 0 spiro atoms. The van der Waals surface area contributed by atoms with Gasteiger partial charge in [0.1, 0.15) is 0 Å². The van der Waals surface area contributed by atoms with E-state index in [-0.39, 0.29) is 18.0 Å². The standard InChI is InChI=1S/C22H15F3N2O4/c23-22(24,25)15-4-2-6-17(11-15)27-20(28)13-3-1-5-16(9-13)26-21(29)14-7-8-18-19(10-14)31-12-30-18/h1-11H,12H2,(H,26,29)(H,27,28). The topological polar surface area (TPSA) is 76.7 Å². The van der Waals surface area contributed by atoms with E-state index in [1.165, 1.54) is 24.3 Å². The van der Waals surface area contributed by atoms with E-state index in [9.17, 15) is 22.8 Å². The fourth-order valence-corrected chi connectivity index (χ4v) is 2.96. The Bertz CT molecular complexity index is 1160. The van der Waals surface area contributed by atoms with Gasteiger partial charge in [0.05, 0.1) is 5.56 Å². The molecule has 0 aromatic heterocycles. The second-order valence-corrected chi connectivity index (χ2v) is 6.64. The molecule has 6 nitrogen and oxygen atoms in total. The van der Waals surface area contributed by atoms with Gasteiger partial charge in [-0.1, -0.05) is 12.1 Å². The second-order valence-electron chi connectivity index (χ2n) is 6.64. The Hall–Kier alpha value is -4.01. The number of alkyl halides is 3. The van der Waals surface area contributed by atoms with Crippen molar-refractivity contribution in [3.05, 3.63) is 83.4 Å². The molecule has 9 heteroatoms. The fourth-order valence-electron chi connectivity index (χ4n) is 2.96. The third-order valence-electron chi connectivity index (χ3n) is 4.47. The van der Waals surface area contributed by atoms with E-state index in [2.05, 4.69) is 10.6 Å². The first-order valence-electron chi connectivity index (χ1n) is 9.09. The van der Waals surface area contributed by atoms with Gasteiger partial charge >= 0.3 is 6.18 Å². The molecule has 0 saturated heterocycles. The maximum atomic E-state index is 12.8. The molecular weight excluding hydrogens is 413 g/mol. The minimum atomic E-state index is -4.51. The molecule has 0 saturated carbocycles. The summed E-state index contributed by atoms with van der Waals surface area (Å²) in [5.41, 5.74) is -0.00649. The third-order valence-corrected chi connectivity index (χ3v) is 4.47. The molecule has 0 fully saturated rings. The summed E-state index contributed by atoms with van der Waals surface area (Å²) in [5.74, 6) is -0.0288. The van der Waals surface area contributed by atoms with Gasteiger partial charge in [0.2, 0.25) is 6.79 Å². The molecule has 4 rings (SSSR count). The van der Waals surface area contributed by atoms with E-state index in [1.807, 2.05) is 0 Å². The summed E-state index contributed by atoms with van der Waals surface area (Å²) >= 11 is 0. The maximum Gasteiger partial charge on any atom is 0.416 e. The van der Waals surface area contributed by atoms with E-state index in [1.54, 1.807) is 30.3 Å². The van der Waals surface area contributed by atoms with Crippen LogP contribution in [0.25, 0.3) is 0 Å². The molecule has 31 heavy (non-hydrogen) atoms. The van der Waals surface area contributed by atoms with E-state index >= 15 is 0 Å². The minimum absolute atomic E-state index is 0.00891. The van der Waals surface area contributed by atoms with Crippen molar-refractivity contribution in [1.82, 2.24) is 0 Å². The highest BCUT2D eigenvalue weighted by Gasteiger charge is 2.30. The van der Waals surface area contributed by atoms with Crippen molar-refractivity contribution < 1.29 is 32.2 Å². The van der Waals surface area contributed by atoms with Crippen LogP contribution in [-0.4, -0.2) is 18.6 Å². The molecule has 0 atom stereocenters. The number of fused-ring (bicyclic) bond motifs is 1. The van der Waals surface area contributed by atoms with E-state index in [0.29, 0.717) is 22.7 Å². The summed E-state index contributed by atoms with van der Waals surface area (Å²) in [7, 11) is 0. The Morgan fingerprint density at radius 3 is 2.06 bits per heavy atom. The number of carbonyl (C=O) groups is 2. The Labute approximate surface area is 174 Å².